The molecule has 1 aliphatic rings. The maximum Gasteiger partial charge on any atom is 0.328 e. The van der Waals surface area contributed by atoms with Gasteiger partial charge in [0, 0.05) is 25.7 Å². The first-order valence-electron chi connectivity index (χ1n) is 5.15. The molecule has 1 rings (SSSR count). The molecular weight excluding hydrogens is 194 g/mol. The summed E-state index contributed by atoms with van der Waals surface area (Å²) in [6, 6.07) is 0. The highest BCUT2D eigenvalue weighted by Gasteiger charge is 2.26. The Morgan fingerprint density at radius 3 is 2.80 bits per heavy atom. The van der Waals surface area contributed by atoms with Gasteiger partial charge in [-0.25, -0.2) is 4.79 Å². The first kappa shape index (κ1) is 12.2. The number of carboxylic acids is 1. The SMILES string of the molecule is CC(=CC(=O)O)CN1CCOC(C)(C)C1. The van der Waals surface area contributed by atoms with Crippen molar-refractivity contribution in [1.82, 2.24) is 4.90 Å². The van der Waals surface area contributed by atoms with Gasteiger partial charge in [0.25, 0.3) is 0 Å². The van der Waals surface area contributed by atoms with Gasteiger partial charge in [0.15, 0.2) is 0 Å². The summed E-state index contributed by atoms with van der Waals surface area (Å²) in [5.74, 6) is -0.875. The highest BCUT2D eigenvalue weighted by molar-refractivity contribution is 5.80. The van der Waals surface area contributed by atoms with E-state index in [1.165, 1.54) is 6.08 Å². The maximum absolute atomic E-state index is 10.5. The van der Waals surface area contributed by atoms with Gasteiger partial charge in [0.1, 0.15) is 0 Å². The molecule has 0 bridgehead atoms. The number of aliphatic carboxylic acids is 1. The summed E-state index contributed by atoms with van der Waals surface area (Å²) in [6.07, 6.45) is 1.27. The van der Waals surface area contributed by atoms with Gasteiger partial charge >= 0.3 is 5.97 Å². The molecule has 0 saturated carbocycles. The monoisotopic (exact) mass is 213 g/mol. The smallest absolute Gasteiger partial charge is 0.328 e. The standard InChI is InChI=1S/C11H19NO3/c1-9(6-10(13)14)7-12-4-5-15-11(2,3)8-12/h6H,4-5,7-8H2,1-3H3,(H,13,14). The molecule has 1 heterocycles. The molecule has 0 aromatic heterocycles. The Labute approximate surface area is 90.5 Å². The Hall–Kier alpha value is -0.870. The number of ether oxygens (including phenoxy) is 1. The topological polar surface area (TPSA) is 49.8 Å². The van der Waals surface area contributed by atoms with Gasteiger partial charge in [-0.3, -0.25) is 4.90 Å². The summed E-state index contributed by atoms with van der Waals surface area (Å²) >= 11 is 0. The van der Waals surface area contributed by atoms with Crippen molar-refractivity contribution >= 4 is 5.97 Å². The zero-order valence-corrected chi connectivity index (χ0v) is 9.62. The number of hydrogen-bond acceptors (Lipinski definition) is 3. The molecule has 1 aliphatic heterocycles. The molecule has 1 N–H and O–H groups in total. The fourth-order valence-electron chi connectivity index (χ4n) is 1.86. The quantitative estimate of drug-likeness (QED) is 0.714. The lowest BCUT2D eigenvalue weighted by Gasteiger charge is -2.38. The lowest BCUT2D eigenvalue weighted by atomic mass is 10.1. The van der Waals surface area contributed by atoms with Crippen LogP contribution in [0, 0.1) is 0 Å². The van der Waals surface area contributed by atoms with E-state index in [0.29, 0.717) is 13.2 Å². The number of carbonyl (C=O) groups is 1. The molecule has 0 aromatic rings. The van der Waals surface area contributed by atoms with Crippen LogP contribution in [0.25, 0.3) is 0 Å². The Kier molecular flexibility index (Phi) is 3.88. The van der Waals surface area contributed by atoms with Crippen molar-refractivity contribution in [2.45, 2.75) is 26.4 Å². The number of rotatable bonds is 3. The zero-order chi connectivity index (χ0) is 11.5. The molecule has 4 nitrogen and oxygen atoms in total. The average molecular weight is 213 g/mol. The second-order valence-electron chi connectivity index (χ2n) is 4.65. The second-order valence-corrected chi connectivity index (χ2v) is 4.65. The van der Waals surface area contributed by atoms with Gasteiger partial charge in [0.05, 0.1) is 12.2 Å². The van der Waals surface area contributed by atoms with Crippen LogP contribution >= 0.6 is 0 Å². The van der Waals surface area contributed by atoms with Crippen LogP contribution in [-0.4, -0.2) is 47.8 Å². The number of hydrogen-bond donors (Lipinski definition) is 1. The first-order chi connectivity index (χ1) is 6.89. The van der Waals surface area contributed by atoms with Crippen molar-refractivity contribution in [1.29, 1.82) is 0 Å². The zero-order valence-electron chi connectivity index (χ0n) is 9.62. The Morgan fingerprint density at radius 1 is 1.60 bits per heavy atom. The van der Waals surface area contributed by atoms with Crippen LogP contribution in [0.15, 0.2) is 11.6 Å². The van der Waals surface area contributed by atoms with Gasteiger partial charge in [-0.05, 0) is 20.8 Å². The number of carboxylic acid groups (broad SMARTS) is 1. The normalized spacial score (nSPS) is 22.7. The first-order valence-corrected chi connectivity index (χ1v) is 5.15. The largest absolute Gasteiger partial charge is 0.478 e. The lowest BCUT2D eigenvalue weighted by molar-refractivity contribution is -0.131. The van der Waals surface area contributed by atoms with Crippen molar-refractivity contribution < 1.29 is 14.6 Å². The predicted octanol–water partition coefficient (Wildman–Crippen LogP) is 1.13. The fraction of sp³-hybridized carbons (Fsp3) is 0.727. The Bertz CT molecular complexity index is 271. The van der Waals surface area contributed by atoms with Crippen LogP contribution in [0.5, 0.6) is 0 Å². The van der Waals surface area contributed by atoms with E-state index in [1.54, 1.807) is 0 Å². The molecule has 4 heteroatoms. The Morgan fingerprint density at radius 2 is 2.27 bits per heavy atom. The van der Waals surface area contributed by atoms with Gasteiger partial charge in [-0.15, -0.1) is 0 Å². The van der Waals surface area contributed by atoms with E-state index >= 15 is 0 Å². The van der Waals surface area contributed by atoms with Crippen molar-refractivity contribution in [3.05, 3.63) is 11.6 Å². The highest BCUT2D eigenvalue weighted by Crippen LogP contribution is 2.17. The summed E-state index contributed by atoms with van der Waals surface area (Å²) < 4.78 is 5.58. The Balaban J connectivity index is 2.48. The minimum absolute atomic E-state index is 0.123. The number of morpholine rings is 1. The summed E-state index contributed by atoms with van der Waals surface area (Å²) in [6.45, 7) is 9.08. The van der Waals surface area contributed by atoms with E-state index in [0.717, 1.165) is 18.7 Å². The van der Waals surface area contributed by atoms with E-state index in [-0.39, 0.29) is 5.60 Å². The molecule has 15 heavy (non-hydrogen) atoms. The lowest BCUT2D eigenvalue weighted by Crippen LogP contribution is -2.48. The van der Waals surface area contributed by atoms with E-state index in [2.05, 4.69) is 18.7 Å². The minimum Gasteiger partial charge on any atom is -0.478 e. The summed E-state index contributed by atoms with van der Waals surface area (Å²) in [4.78, 5) is 12.7. The third kappa shape index (κ3) is 4.44. The summed E-state index contributed by atoms with van der Waals surface area (Å²) in [5.41, 5.74) is 0.752. The molecular formula is C11H19NO3. The van der Waals surface area contributed by atoms with Crippen LogP contribution in [0.1, 0.15) is 20.8 Å². The molecule has 0 aliphatic carbocycles. The maximum atomic E-state index is 10.5. The average Bonchev–Trinajstić information content (AvgIpc) is 1.99. The molecule has 0 unspecified atom stereocenters. The second kappa shape index (κ2) is 4.77. The minimum atomic E-state index is -0.875. The molecule has 1 fully saturated rings. The molecule has 0 radical (unpaired) electrons. The van der Waals surface area contributed by atoms with Gasteiger partial charge in [0.2, 0.25) is 0 Å². The van der Waals surface area contributed by atoms with Crippen molar-refractivity contribution in [3.8, 4) is 0 Å². The van der Waals surface area contributed by atoms with Crippen LogP contribution in [0.4, 0.5) is 0 Å². The van der Waals surface area contributed by atoms with Crippen molar-refractivity contribution in [2.24, 2.45) is 0 Å². The molecule has 0 spiro atoms. The van der Waals surface area contributed by atoms with Gasteiger partial charge in [-0.2, -0.15) is 0 Å². The molecule has 86 valence electrons. The van der Waals surface area contributed by atoms with Crippen molar-refractivity contribution in [3.63, 3.8) is 0 Å². The van der Waals surface area contributed by atoms with Gasteiger partial charge in [-0.1, -0.05) is 5.57 Å². The molecule has 0 aromatic carbocycles. The van der Waals surface area contributed by atoms with Gasteiger partial charge < -0.3 is 9.84 Å². The molecule has 0 amide bonds. The van der Waals surface area contributed by atoms with E-state index in [1.807, 2.05) is 6.92 Å². The summed E-state index contributed by atoms with van der Waals surface area (Å²) in [5, 5.41) is 8.60. The number of nitrogens with zero attached hydrogens (tertiary/aromatic N) is 1. The van der Waals surface area contributed by atoms with E-state index in [4.69, 9.17) is 9.84 Å². The predicted molar refractivity (Wildman–Crippen MR) is 57.9 cm³/mol. The fourth-order valence-corrected chi connectivity index (χ4v) is 1.86. The van der Waals surface area contributed by atoms with Crippen LogP contribution in [-0.2, 0) is 9.53 Å². The van der Waals surface area contributed by atoms with Crippen LogP contribution in [0.2, 0.25) is 0 Å². The molecule has 0 atom stereocenters. The van der Waals surface area contributed by atoms with E-state index < -0.39 is 5.97 Å². The third-order valence-electron chi connectivity index (χ3n) is 2.35. The van der Waals surface area contributed by atoms with Crippen LogP contribution < -0.4 is 0 Å². The highest BCUT2D eigenvalue weighted by atomic mass is 16.5. The summed E-state index contributed by atoms with van der Waals surface area (Å²) in [7, 11) is 0. The third-order valence-corrected chi connectivity index (χ3v) is 2.35. The van der Waals surface area contributed by atoms with E-state index in [9.17, 15) is 4.79 Å². The van der Waals surface area contributed by atoms with Crippen LogP contribution in [0.3, 0.4) is 0 Å². The van der Waals surface area contributed by atoms with Crippen molar-refractivity contribution in [2.75, 3.05) is 26.2 Å². The molecule has 1 saturated heterocycles.